The summed E-state index contributed by atoms with van der Waals surface area (Å²) in [5.41, 5.74) is 8.35. The minimum Gasteiger partial charge on any atom is -0.436 e. The number of hydrogen-bond donors (Lipinski definition) is 2. The lowest BCUT2D eigenvalue weighted by atomic mass is 9.99. The number of aromatic amines is 1. The Morgan fingerprint density at radius 2 is 1.61 bits per heavy atom. The van der Waals surface area contributed by atoms with E-state index >= 15 is 0 Å². The molecular formula is C30H22N4O2. The van der Waals surface area contributed by atoms with E-state index in [1.165, 1.54) is 0 Å². The van der Waals surface area contributed by atoms with Crippen molar-refractivity contribution in [2.45, 2.75) is 6.92 Å². The molecule has 0 fully saturated rings. The third-order valence-corrected chi connectivity index (χ3v) is 6.10. The van der Waals surface area contributed by atoms with Gasteiger partial charge in [-0.1, -0.05) is 66.7 Å². The zero-order chi connectivity index (χ0) is 24.5. The van der Waals surface area contributed by atoms with Crippen molar-refractivity contribution in [2.75, 3.05) is 5.32 Å². The van der Waals surface area contributed by atoms with Crippen LogP contribution >= 0.6 is 0 Å². The number of nitrogens with one attached hydrogen (secondary N) is 2. The minimum absolute atomic E-state index is 0.161. The first-order chi connectivity index (χ1) is 17.7. The second kappa shape index (κ2) is 9.00. The van der Waals surface area contributed by atoms with Crippen molar-refractivity contribution in [3.05, 3.63) is 114 Å². The highest BCUT2D eigenvalue weighted by molar-refractivity contribution is 6.08. The van der Waals surface area contributed by atoms with Crippen LogP contribution in [0.5, 0.6) is 0 Å². The molecule has 0 unspecified atom stereocenters. The maximum Gasteiger partial charge on any atom is 0.256 e. The Hall–Kier alpha value is -4.97. The summed E-state index contributed by atoms with van der Waals surface area (Å²) in [6.45, 7) is 2.02. The van der Waals surface area contributed by atoms with Crippen molar-refractivity contribution < 1.29 is 9.21 Å². The number of anilines is 1. The van der Waals surface area contributed by atoms with Crippen molar-refractivity contribution in [3.8, 4) is 33.8 Å². The summed E-state index contributed by atoms with van der Waals surface area (Å²) >= 11 is 0. The molecule has 0 aliphatic rings. The van der Waals surface area contributed by atoms with Gasteiger partial charge in [-0.2, -0.15) is 5.10 Å². The average Bonchev–Trinajstić information content (AvgIpc) is 3.56. The van der Waals surface area contributed by atoms with Gasteiger partial charge < -0.3 is 9.73 Å². The molecule has 0 atom stereocenters. The Kier molecular flexibility index (Phi) is 5.39. The Labute approximate surface area is 207 Å². The molecule has 6 aromatic rings. The summed E-state index contributed by atoms with van der Waals surface area (Å²) in [5.74, 6) is 0.348. The lowest BCUT2D eigenvalue weighted by Gasteiger charge is -2.11. The lowest BCUT2D eigenvalue weighted by molar-refractivity contribution is 0.102. The van der Waals surface area contributed by atoms with Gasteiger partial charge in [-0.3, -0.25) is 9.89 Å². The Bertz CT molecular complexity index is 1680. The molecule has 6 rings (SSSR count). The summed E-state index contributed by atoms with van der Waals surface area (Å²) < 4.78 is 6.00. The van der Waals surface area contributed by atoms with Crippen LogP contribution in [0.15, 0.2) is 108 Å². The zero-order valence-corrected chi connectivity index (χ0v) is 19.5. The fraction of sp³-hybridized carbons (Fsp3) is 0.0333. The van der Waals surface area contributed by atoms with Crippen molar-refractivity contribution >= 4 is 22.7 Å². The van der Waals surface area contributed by atoms with Gasteiger partial charge in [-0.25, -0.2) is 4.98 Å². The number of rotatable bonds is 5. The quantitative estimate of drug-likeness (QED) is 0.281. The molecule has 0 saturated heterocycles. The van der Waals surface area contributed by atoms with Crippen LogP contribution in [0.25, 0.3) is 44.9 Å². The Morgan fingerprint density at radius 3 is 2.44 bits per heavy atom. The molecule has 0 saturated carbocycles. The van der Waals surface area contributed by atoms with Crippen molar-refractivity contribution in [3.63, 3.8) is 0 Å². The largest absolute Gasteiger partial charge is 0.436 e. The summed E-state index contributed by atoms with van der Waals surface area (Å²) in [6, 6.07) is 31.0. The van der Waals surface area contributed by atoms with E-state index in [1.807, 2.05) is 104 Å². The number of amides is 1. The number of carbonyl (C=O) groups excluding carboxylic acids is 1. The van der Waals surface area contributed by atoms with Crippen LogP contribution in [0.2, 0.25) is 0 Å². The summed E-state index contributed by atoms with van der Waals surface area (Å²) in [4.78, 5) is 17.7. The second-order valence-corrected chi connectivity index (χ2v) is 8.59. The van der Waals surface area contributed by atoms with E-state index in [-0.39, 0.29) is 5.91 Å². The van der Waals surface area contributed by atoms with Gasteiger partial charge in [0.05, 0.1) is 17.5 Å². The standard InChI is InChI=1S/C30H22N4O2/c1-19-11-16-26-27(17-19)36-30(33-26)25-18-31-34-28(25)21-12-14-22(15-13-21)32-29(35)24-10-6-5-9-23(24)20-7-3-2-4-8-20/h2-18H,1H3,(H,31,34)(H,32,35). The highest BCUT2D eigenvalue weighted by atomic mass is 16.3. The van der Waals surface area contributed by atoms with Crippen LogP contribution in [-0.2, 0) is 0 Å². The maximum atomic E-state index is 13.1. The van der Waals surface area contributed by atoms with Crippen LogP contribution in [0.3, 0.4) is 0 Å². The summed E-state index contributed by atoms with van der Waals surface area (Å²) in [6.07, 6.45) is 1.71. The van der Waals surface area contributed by atoms with Crippen LogP contribution in [0.4, 0.5) is 5.69 Å². The number of nitrogens with zero attached hydrogens (tertiary/aromatic N) is 2. The second-order valence-electron chi connectivity index (χ2n) is 8.59. The first-order valence-corrected chi connectivity index (χ1v) is 11.6. The number of aromatic nitrogens is 3. The lowest BCUT2D eigenvalue weighted by Crippen LogP contribution is -2.13. The van der Waals surface area contributed by atoms with E-state index in [2.05, 4.69) is 20.5 Å². The number of hydrogen-bond acceptors (Lipinski definition) is 4. The predicted octanol–water partition coefficient (Wildman–Crippen LogP) is 7.11. The number of H-pyrrole nitrogens is 1. The van der Waals surface area contributed by atoms with Gasteiger partial charge >= 0.3 is 0 Å². The fourth-order valence-corrected chi connectivity index (χ4v) is 4.28. The molecule has 1 amide bonds. The molecule has 2 N–H and O–H groups in total. The highest BCUT2D eigenvalue weighted by Crippen LogP contribution is 2.32. The summed E-state index contributed by atoms with van der Waals surface area (Å²) in [5, 5.41) is 10.3. The molecule has 2 heterocycles. The van der Waals surface area contributed by atoms with E-state index in [9.17, 15) is 4.79 Å². The van der Waals surface area contributed by atoms with Crippen molar-refractivity contribution in [1.82, 2.24) is 15.2 Å². The van der Waals surface area contributed by atoms with Crippen LogP contribution in [-0.4, -0.2) is 21.1 Å². The van der Waals surface area contributed by atoms with E-state index in [0.717, 1.165) is 44.6 Å². The third-order valence-electron chi connectivity index (χ3n) is 6.10. The number of aryl methyl sites for hydroxylation is 1. The monoisotopic (exact) mass is 470 g/mol. The average molecular weight is 471 g/mol. The molecule has 36 heavy (non-hydrogen) atoms. The van der Waals surface area contributed by atoms with Crippen LogP contribution in [0, 0.1) is 6.92 Å². The van der Waals surface area contributed by atoms with Gasteiger partial charge in [0.15, 0.2) is 5.58 Å². The normalized spacial score (nSPS) is 11.0. The predicted molar refractivity (Wildman–Crippen MR) is 142 cm³/mol. The fourth-order valence-electron chi connectivity index (χ4n) is 4.28. The van der Waals surface area contributed by atoms with Crippen LogP contribution < -0.4 is 5.32 Å². The highest BCUT2D eigenvalue weighted by Gasteiger charge is 2.17. The molecule has 0 radical (unpaired) electrons. The first kappa shape index (κ1) is 21.6. The molecule has 0 spiro atoms. The van der Waals surface area contributed by atoms with Gasteiger partial charge in [-0.05, 0) is 53.9 Å². The zero-order valence-electron chi connectivity index (χ0n) is 19.5. The third kappa shape index (κ3) is 4.05. The number of oxazole rings is 1. The molecule has 174 valence electrons. The van der Waals surface area contributed by atoms with Gasteiger partial charge in [0.2, 0.25) is 5.89 Å². The van der Waals surface area contributed by atoms with E-state index in [4.69, 9.17) is 4.42 Å². The molecule has 0 aliphatic heterocycles. The molecule has 2 aromatic heterocycles. The van der Waals surface area contributed by atoms with Gasteiger partial charge in [-0.15, -0.1) is 0 Å². The smallest absolute Gasteiger partial charge is 0.256 e. The molecule has 0 bridgehead atoms. The molecule has 6 nitrogen and oxygen atoms in total. The summed E-state index contributed by atoms with van der Waals surface area (Å²) in [7, 11) is 0. The van der Waals surface area contributed by atoms with Gasteiger partial charge in [0.25, 0.3) is 5.91 Å². The number of fused-ring (bicyclic) bond motifs is 1. The maximum absolute atomic E-state index is 13.1. The molecule has 6 heteroatoms. The van der Waals surface area contributed by atoms with Gasteiger partial charge in [0, 0.05) is 16.8 Å². The molecule has 4 aromatic carbocycles. The van der Waals surface area contributed by atoms with Crippen molar-refractivity contribution in [2.24, 2.45) is 0 Å². The SMILES string of the molecule is Cc1ccc2nc(-c3cn[nH]c3-c3ccc(NC(=O)c4ccccc4-c4ccccc4)cc3)oc2c1. The first-order valence-electron chi connectivity index (χ1n) is 11.6. The van der Waals surface area contributed by atoms with Crippen LogP contribution in [0.1, 0.15) is 15.9 Å². The topological polar surface area (TPSA) is 83.8 Å². The van der Waals surface area contributed by atoms with Gasteiger partial charge in [0.1, 0.15) is 5.52 Å². The molecule has 0 aliphatic carbocycles. The number of carbonyl (C=O) groups is 1. The van der Waals surface area contributed by atoms with E-state index < -0.39 is 0 Å². The van der Waals surface area contributed by atoms with E-state index in [1.54, 1.807) is 6.20 Å². The Morgan fingerprint density at radius 1 is 0.833 bits per heavy atom. The Balaban J connectivity index is 1.25. The molecular weight excluding hydrogens is 448 g/mol. The van der Waals surface area contributed by atoms with Crippen molar-refractivity contribution in [1.29, 1.82) is 0 Å². The minimum atomic E-state index is -0.161. The van der Waals surface area contributed by atoms with E-state index in [0.29, 0.717) is 17.1 Å². The number of benzene rings is 4.